The summed E-state index contributed by atoms with van der Waals surface area (Å²) in [7, 11) is 3.14. The molecule has 1 fully saturated rings. The molecule has 1 aliphatic carbocycles. The zero-order chi connectivity index (χ0) is 18.7. The van der Waals surface area contributed by atoms with Gasteiger partial charge in [-0.1, -0.05) is 24.3 Å². The molecule has 2 aromatic rings. The van der Waals surface area contributed by atoms with E-state index in [2.05, 4.69) is 0 Å². The van der Waals surface area contributed by atoms with Gasteiger partial charge in [0.15, 0.2) is 0 Å². The lowest BCUT2D eigenvalue weighted by molar-refractivity contribution is -0.532. The fourth-order valence-corrected chi connectivity index (χ4v) is 3.72. The lowest BCUT2D eigenvalue weighted by Crippen LogP contribution is -2.40. The normalized spacial score (nSPS) is 20.6. The number of nitro groups is 1. The van der Waals surface area contributed by atoms with Crippen molar-refractivity contribution in [2.24, 2.45) is 0 Å². The van der Waals surface area contributed by atoms with Gasteiger partial charge >= 0.3 is 0 Å². The minimum absolute atomic E-state index is 0.0461. The van der Waals surface area contributed by atoms with Gasteiger partial charge in [-0.3, -0.25) is 14.9 Å². The van der Waals surface area contributed by atoms with E-state index in [9.17, 15) is 14.9 Å². The molecule has 1 saturated carbocycles. The Balaban J connectivity index is 1.97. The number of carbonyl (C=O) groups is 1. The van der Waals surface area contributed by atoms with Gasteiger partial charge in [-0.15, -0.1) is 0 Å². The summed E-state index contributed by atoms with van der Waals surface area (Å²) in [6.07, 6.45) is 0.370. The number of benzene rings is 2. The predicted molar refractivity (Wildman–Crippen MR) is 96.5 cm³/mol. The molecule has 2 atom stereocenters. The highest BCUT2D eigenvalue weighted by molar-refractivity contribution is 5.81. The molecule has 0 unspecified atom stereocenters. The van der Waals surface area contributed by atoms with Crippen molar-refractivity contribution in [2.75, 3.05) is 14.2 Å². The number of ketones is 1. The van der Waals surface area contributed by atoms with E-state index >= 15 is 0 Å². The standard InChI is InChI=1S/C20H21NO5/c1-25-16-7-3-13(4-8-16)18-11-15(22)12-19(20(18)21(23)24)14-5-9-17(26-2)10-6-14/h3-10,18-20H,11-12H2,1-2H3/t18-,19-/m0/s1. The summed E-state index contributed by atoms with van der Waals surface area (Å²) in [6.45, 7) is 0. The molecule has 6 heteroatoms. The molecule has 0 saturated heterocycles. The lowest BCUT2D eigenvalue weighted by atomic mass is 9.71. The first kappa shape index (κ1) is 17.9. The molecule has 0 spiro atoms. The van der Waals surface area contributed by atoms with Crippen LogP contribution in [-0.4, -0.2) is 31.0 Å². The highest BCUT2D eigenvalue weighted by atomic mass is 16.6. The summed E-state index contributed by atoms with van der Waals surface area (Å²) in [5.41, 5.74) is 1.58. The van der Waals surface area contributed by atoms with Gasteiger partial charge in [-0.25, -0.2) is 0 Å². The Morgan fingerprint density at radius 2 is 1.23 bits per heavy atom. The zero-order valence-corrected chi connectivity index (χ0v) is 14.8. The van der Waals surface area contributed by atoms with E-state index < -0.39 is 17.9 Å². The van der Waals surface area contributed by atoms with Crippen LogP contribution in [0.1, 0.15) is 35.8 Å². The Labute approximate surface area is 151 Å². The van der Waals surface area contributed by atoms with Crippen molar-refractivity contribution in [3.05, 3.63) is 69.8 Å². The van der Waals surface area contributed by atoms with Crippen LogP contribution in [0, 0.1) is 10.1 Å². The quantitative estimate of drug-likeness (QED) is 0.605. The second-order valence-electron chi connectivity index (χ2n) is 6.48. The van der Waals surface area contributed by atoms with E-state index in [4.69, 9.17) is 9.47 Å². The van der Waals surface area contributed by atoms with Gasteiger partial charge in [0, 0.05) is 17.8 Å². The van der Waals surface area contributed by atoms with E-state index in [1.165, 1.54) is 0 Å². The minimum Gasteiger partial charge on any atom is -0.497 e. The van der Waals surface area contributed by atoms with E-state index in [0.29, 0.717) is 11.5 Å². The number of hydrogen-bond acceptors (Lipinski definition) is 5. The molecular weight excluding hydrogens is 334 g/mol. The summed E-state index contributed by atoms with van der Waals surface area (Å²) < 4.78 is 10.3. The predicted octanol–water partition coefficient (Wildman–Crippen LogP) is 3.58. The molecule has 0 heterocycles. The second kappa shape index (κ2) is 7.56. The Kier molecular flexibility index (Phi) is 5.21. The molecule has 0 radical (unpaired) electrons. The van der Waals surface area contributed by atoms with Gasteiger partial charge in [0.1, 0.15) is 17.3 Å². The van der Waals surface area contributed by atoms with Crippen molar-refractivity contribution < 1.29 is 19.2 Å². The molecule has 2 aromatic carbocycles. The van der Waals surface area contributed by atoms with E-state index in [0.717, 1.165) is 11.1 Å². The summed E-state index contributed by atoms with van der Waals surface area (Å²) >= 11 is 0. The number of methoxy groups -OCH3 is 2. The van der Waals surface area contributed by atoms with Gasteiger partial charge < -0.3 is 9.47 Å². The molecular formula is C20H21NO5. The fourth-order valence-electron chi connectivity index (χ4n) is 3.72. The SMILES string of the molecule is COc1ccc([C@@H]2CC(=O)C[C@@H](c3ccc(OC)cc3)C2[N+](=O)[O-])cc1. The molecule has 0 amide bonds. The van der Waals surface area contributed by atoms with Crippen molar-refractivity contribution in [2.45, 2.75) is 30.7 Å². The summed E-state index contributed by atoms with van der Waals surface area (Å²) in [6, 6.07) is 13.5. The number of ether oxygens (including phenoxy) is 2. The number of hydrogen-bond donors (Lipinski definition) is 0. The Hall–Kier alpha value is -2.89. The third-order valence-corrected chi connectivity index (χ3v) is 5.05. The van der Waals surface area contributed by atoms with Crippen LogP contribution < -0.4 is 9.47 Å². The van der Waals surface area contributed by atoms with E-state index in [1.54, 1.807) is 38.5 Å². The molecule has 0 aliphatic heterocycles. The fraction of sp³-hybridized carbons (Fsp3) is 0.350. The van der Waals surface area contributed by atoms with Crippen LogP contribution in [0.3, 0.4) is 0 Å². The monoisotopic (exact) mass is 355 g/mol. The third-order valence-electron chi connectivity index (χ3n) is 5.05. The third kappa shape index (κ3) is 3.54. The second-order valence-corrected chi connectivity index (χ2v) is 6.48. The number of nitrogens with zero attached hydrogens (tertiary/aromatic N) is 1. The topological polar surface area (TPSA) is 78.7 Å². The van der Waals surface area contributed by atoms with Gasteiger partial charge in [-0.05, 0) is 35.4 Å². The minimum atomic E-state index is -0.852. The van der Waals surface area contributed by atoms with E-state index in [-0.39, 0.29) is 23.5 Å². The largest absolute Gasteiger partial charge is 0.497 e. The van der Waals surface area contributed by atoms with Crippen LogP contribution in [0.25, 0.3) is 0 Å². The van der Waals surface area contributed by atoms with Crippen molar-refractivity contribution >= 4 is 5.78 Å². The molecule has 0 bridgehead atoms. The van der Waals surface area contributed by atoms with Crippen LogP contribution in [-0.2, 0) is 4.79 Å². The average Bonchev–Trinajstić information content (AvgIpc) is 2.67. The first-order chi connectivity index (χ1) is 12.5. The van der Waals surface area contributed by atoms with Crippen molar-refractivity contribution in [3.8, 4) is 11.5 Å². The van der Waals surface area contributed by atoms with Crippen LogP contribution in [0.4, 0.5) is 0 Å². The summed E-state index contributed by atoms with van der Waals surface area (Å²) in [4.78, 5) is 24.1. The molecule has 26 heavy (non-hydrogen) atoms. The average molecular weight is 355 g/mol. The highest BCUT2D eigenvalue weighted by Gasteiger charge is 2.46. The van der Waals surface area contributed by atoms with Crippen molar-refractivity contribution in [1.82, 2.24) is 0 Å². The van der Waals surface area contributed by atoms with Crippen molar-refractivity contribution in [1.29, 1.82) is 0 Å². The van der Waals surface area contributed by atoms with Gasteiger partial charge in [-0.2, -0.15) is 0 Å². The number of Topliss-reactive ketones (excluding diaryl/α,β-unsaturated/α-hetero) is 1. The molecule has 136 valence electrons. The zero-order valence-electron chi connectivity index (χ0n) is 14.8. The van der Waals surface area contributed by atoms with Crippen LogP contribution >= 0.6 is 0 Å². The first-order valence-electron chi connectivity index (χ1n) is 8.46. The summed E-state index contributed by atoms with van der Waals surface area (Å²) in [5, 5.41) is 11.9. The molecule has 0 aromatic heterocycles. The lowest BCUT2D eigenvalue weighted by Gasteiger charge is -2.32. The maximum absolute atomic E-state index is 12.4. The Morgan fingerprint density at radius 1 is 0.846 bits per heavy atom. The van der Waals surface area contributed by atoms with Gasteiger partial charge in [0.2, 0.25) is 6.04 Å². The Bertz CT molecular complexity index is 725. The number of carbonyl (C=O) groups excluding carboxylic acids is 1. The van der Waals surface area contributed by atoms with E-state index in [1.807, 2.05) is 24.3 Å². The molecule has 6 nitrogen and oxygen atoms in total. The van der Waals surface area contributed by atoms with Gasteiger partial charge in [0.05, 0.1) is 26.1 Å². The highest BCUT2D eigenvalue weighted by Crippen LogP contribution is 2.42. The summed E-state index contributed by atoms with van der Waals surface area (Å²) in [5.74, 6) is 0.499. The van der Waals surface area contributed by atoms with Crippen molar-refractivity contribution in [3.63, 3.8) is 0 Å². The molecule has 0 N–H and O–H groups in total. The molecule has 3 rings (SSSR count). The maximum atomic E-state index is 12.4. The van der Waals surface area contributed by atoms with Crippen LogP contribution in [0.2, 0.25) is 0 Å². The molecule has 1 aliphatic rings. The maximum Gasteiger partial charge on any atom is 0.227 e. The van der Waals surface area contributed by atoms with Crippen LogP contribution in [0.5, 0.6) is 11.5 Å². The Morgan fingerprint density at radius 3 is 1.54 bits per heavy atom. The van der Waals surface area contributed by atoms with Gasteiger partial charge in [0.25, 0.3) is 0 Å². The van der Waals surface area contributed by atoms with Crippen LogP contribution in [0.15, 0.2) is 48.5 Å². The first-order valence-corrected chi connectivity index (χ1v) is 8.46. The number of rotatable bonds is 5. The smallest absolute Gasteiger partial charge is 0.227 e.